The number of nitrogens with one attached hydrogen (secondary N) is 1. The van der Waals surface area contributed by atoms with Crippen molar-refractivity contribution in [2.45, 2.75) is 18.9 Å². The number of nitrogens with zero attached hydrogens (tertiary/aromatic N) is 2. The van der Waals surface area contributed by atoms with Gasteiger partial charge in [-0.3, -0.25) is 5.01 Å². The standard InChI is InChI=1S/C23H18ClF4N3O/c1-22(20-18(24)4-3-5-19(20)25)29-21(31(2)30-22)16-8-6-14(7-9-16)15-10-12-17(13-11-15)32-23(26,27)28/h3-13,30H,1-2H3. The Kier molecular flexibility index (Phi) is 5.60. The second-order valence-corrected chi connectivity index (χ2v) is 7.83. The Balaban J connectivity index is 1.59. The third-order valence-corrected chi connectivity index (χ3v) is 5.36. The van der Waals surface area contributed by atoms with E-state index in [4.69, 9.17) is 16.6 Å². The van der Waals surface area contributed by atoms with Crippen LogP contribution in [0.1, 0.15) is 18.1 Å². The fourth-order valence-electron chi connectivity index (χ4n) is 3.68. The summed E-state index contributed by atoms with van der Waals surface area (Å²) in [4.78, 5) is 4.70. The summed E-state index contributed by atoms with van der Waals surface area (Å²) < 4.78 is 55.4. The van der Waals surface area contributed by atoms with E-state index in [0.29, 0.717) is 5.84 Å². The highest BCUT2D eigenvalue weighted by molar-refractivity contribution is 6.31. The summed E-state index contributed by atoms with van der Waals surface area (Å²) in [6, 6.07) is 17.4. The Morgan fingerprint density at radius 3 is 2.06 bits per heavy atom. The van der Waals surface area contributed by atoms with E-state index in [1.165, 1.54) is 24.3 Å². The molecule has 4 rings (SSSR count). The van der Waals surface area contributed by atoms with Gasteiger partial charge >= 0.3 is 6.36 Å². The van der Waals surface area contributed by atoms with Crippen LogP contribution in [-0.2, 0) is 5.66 Å². The molecule has 3 aromatic rings. The van der Waals surface area contributed by atoms with Gasteiger partial charge in [0.15, 0.2) is 5.66 Å². The number of hydrazine groups is 1. The molecule has 9 heteroatoms. The van der Waals surface area contributed by atoms with Crippen LogP contribution in [0.4, 0.5) is 17.6 Å². The molecule has 1 atom stereocenters. The van der Waals surface area contributed by atoms with E-state index >= 15 is 0 Å². The van der Waals surface area contributed by atoms with Gasteiger partial charge < -0.3 is 4.74 Å². The van der Waals surface area contributed by atoms with E-state index in [-0.39, 0.29) is 16.3 Å². The van der Waals surface area contributed by atoms with Gasteiger partial charge in [0.1, 0.15) is 17.4 Å². The maximum Gasteiger partial charge on any atom is 0.573 e. The fraction of sp³-hybridized carbons (Fsp3) is 0.174. The Morgan fingerprint density at radius 2 is 1.50 bits per heavy atom. The molecule has 1 heterocycles. The molecule has 0 bridgehead atoms. The fourth-order valence-corrected chi connectivity index (χ4v) is 4.03. The van der Waals surface area contributed by atoms with Crippen molar-refractivity contribution in [3.63, 3.8) is 0 Å². The summed E-state index contributed by atoms with van der Waals surface area (Å²) in [5, 5.41) is 1.97. The quantitative estimate of drug-likeness (QED) is 0.474. The van der Waals surface area contributed by atoms with Gasteiger partial charge in [-0.15, -0.1) is 13.2 Å². The highest BCUT2D eigenvalue weighted by Crippen LogP contribution is 2.35. The van der Waals surface area contributed by atoms with Gasteiger partial charge in [-0.05, 0) is 42.3 Å². The number of hydrogen-bond acceptors (Lipinski definition) is 4. The predicted molar refractivity (Wildman–Crippen MR) is 115 cm³/mol. The molecule has 32 heavy (non-hydrogen) atoms. The molecule has 0 amide bonds. The van der Waals surface area contributed by atoms with Crippen molar-refractivity contribution in [1.82, 2.24) is 10.4 Å². The van der Waals surface area contributed by atoms with Gasteiger partial charge in [0.25, 0.3) is 0 Å². The minimum absolute atomic E-state index is 0.251. The molecule has 1 N–H and O–H groups in total. The van der Waals surface area contributed by atoms with Crippen LogP contribution < -0.4 is 10.2 Å². The van der Waals surface area contributed by atoms with Gasteiger partial charge in [0, 0.05) is 18.2 Å². The second-order valence-electron chi connectivity index (χ2n) is 7.42. The normalized spacial score (nSPS) is 18.6. The summed E-state index contributed by atoms with van der Waals surface area (Å²) in [6.45, 7) is 1.74. The minimum Gasteiger partial charge on any atom is -0.406 e. The molecule has 1 aliphatic rings. The van der Waals surface area contributed by atoms with Gasteiger partial charge in [-0.1, -0.05) is 54.1 Å². The maximum atomic E-state index is 14.5. The van der Waals surface area contributed by atoms with Gasteiger partial charge in [0.05, 0.1) is 5.02 Å². The molecule has 1 aliphatic heterocycles. The highest BCUT2D eigenvalue weighted by atomic mass is 35.5. The lowest BCUT2D eigenvalue weighted by Crippen LogP contribution is -2.43. The summed E-state index contributed by atoms with van der Waals surface area (Å²) in [5.41, 5.74) is 4.63. The van der Waals surface area contributed by atoms with Crippen LogP contribution in [0.15, 0.2) is 71.7 Å². The van der Waals surface area contributed by atoms with Gasteiger partial charge in [0.2, 0.25) is 0 Å². The average Bonchev–Trinajstić information content (AvgIpc) is 3.02. The van der Waals surface area contributed by atoms with Crippen LogP contribution in [0.2, 0.25) is 5.02 Å². The SMILES string of the molecule is CN1NC(C)(c2c(F)cccc2Cl)N=C1c1ccc(-c2ccc(OC(F)(F)F)cc2)cc1. The first-order chi connectivity index (χ1) is 15.1. The van der Waals surface area contributed by atoms with Crippen molar-refractivity contribution < 1.29 is 22.3 Å². The van der Waals surface area contributed by atoms with Crippen LogP contribution >= 0.6 is 11.6 Å². The predicted octanol–water partition coefficient (Wildman–Crippen LogP) is 6.11. The molecule has 1 unspecified atom stereocenters. The number of halogens is 5. The Hall–Kier alpha value is -3.10. The third kappa shape index (κ3) is 4.42. The van der Waals surface area contributed by atoms with E-state index in [9.17, 15) is 17.6 Å². The van der Waals surface area contributed by atoms with Crippen molar-refractivity contribution in [3.05, 3.63) is 88.7 Å². The van der Waals surface area contributed by atoms with Crippen LogP contribution in [0.5, 0.6) is 5.75 Å². The van der Waals surface area contributed by atoms with Crippen molar-refractivity contribution in [2.24, 2.45) is 4.99 Å². The zero-order valence-corrected chi connectivity index (χ0v) is 17.8. The summed E-state index contributed by atoms with van der Waals surface area (Å²) in [6.07, 6.45) is -4.73. The number of amidine groups is 1. The Labute approximate surface area is 187 Å². The zero-order valence-electron chi connectivity index (χ0n) is 17.0. The second kappa shape index (κ2) is 8.11. The lowest BCUT2D eigenvalue weighted by Gasteiger charge is -2.25. The monoisotopic (exact) mass is 463 g/mol. The smallest absolute Gasteiger partial charge is 0.406 e. The van der Waals surface area contributed by atoms with Crippen LogP contribution in [0.25, 0.3) is 11.1 Å². The number of benzene rings is 3. The molecule has 4 nitrogen and oxygen atoms in total. The molecular formula is C23H18ClF4N3O. The Bertz CT molecular complexity index is 1140. The number of rotatable bonds is 4. The summed E-state index contributed by atoms with van der Waals surface area (Å²) in [5.74, 6) is -0.150. The first kappa shape index (κ1) is 22.1. The van der Waals surface area contributed by atoms with Crippen molar-refractivity contribution in [3.8, 4) is 16.9 Å². The molecule has 0 saturated carbocycles. The van der Waals surface area contributed by atoms with Crippen molar-refractivity contribution in [1.29, 1.82) is 0 Å². The third-order valence-electron chi connectivity index (χ3n) is 5.05. The Morgan fingerprint density at radius 1 is 0.938 bits per heavy atom. The minimum atomic E-state index is -4.73. The molecule has 0 spiro atoms. The average molecular weight is 464 g/mol. The molecule has 0 fully saturated rings. The highest BCUT2D eigenvalue weighted by Gasteiger charge is 2.38. The van der Waals surface area contributed by atoms with Crippen LogP contribution in [0.3, 0.4) is 0 Å². The van der Waals surface area contributed by atoms with Crippen molar-refractivity contribution >= 4 is 17.4 Å². The molecule has 0 saturated heterocycles. The molecule has 3 aromatic carbocycles. The maximum absolute atomic E-state index is 14.5. The number of hydrogen-bond donors (Lipinski definition) is 1. The zero-order chi connectivity index (χ0) is 23.1. The molecule has 166 valence electrons. The van der Waals surface area contributed by atoms with E-state index < -0.39 is 17.8 Å². The molecule has 0 radical (unpaired) electrons. The van der Waals surface area contributed by atoms with Crippen molar-refractivity contribution in [2.75, 3.05) is 7.05 Å². The largest absolute Gasteiger partial charge is 0.573 e. The van der Waals surface area contributed by atoms with E-state index in [1.54, 1.807) is 37.2 Å². The molecular weight excluding hydrogens is 446 g/mol. The molecule has 0 aromatic heterocycles. The van der Waals surface area contributed by atoms with Gasteiger partial charge in [-0.2, -0.15) is 0 Å². The first-order valence-electron chi connectivity index (χ1n) is 9.58. The number of aliphatic imine (C=N–C) groups is 1. The van der Waals surface area contributed by atoms with E-state index in [0.717, 1.165) is 16.7 Å². The lowest BCUT2D eigenvalue weighted by atomic mass is 10.0. The number of alkyl halides is 3. The van der Waals surface area contributed by atoms with Gasteiger partial charge in [-0.25, -0.2) is 14.8 Å². The van der Waals surface area contributed by atoms with E-state index in [2.05, 4.69) is 10.2 Å². The molecule has 0 aliphatic carbocycles. The van der Waals surface area contributed by atoms with Crippen LogP contribution in [0, 0.1) is 5.82 Å². The summed E-state index contributed by atoms with van der Waals surface area (Å²) in [7, 11) is 1.77. The van der Waals surface area contributed by atoms with Crippen LogP contribution in [-0.4, -0.2) is 24.3 Å². The summed E-state index contributed by atoms with van der Waals surface area (Å²) >= 11 is 6.24. The first-order valence-corrected chi connectivity index (χ1v) is 9.96. The number of ether oxygens (including phenoxy) is 1. The van der Waals surface area contributed by atoms with E-state index in [1.807, 2.05) is 24.3 Å². The topological polar surface area (TPSA) is 36.9 Å². The lowest BCUT2D eigenvalue weighted by molar-refractivity contribution is -0.274.